The maximum atomic E-state index is 13.0. The molecule has 0 bridgehead atoms. The molecule has 96 valence electrons. The Balaban J connectivity index is 2.74. The zero-order valence-electron chi connectivity index (χ0n) is 9.68. The topological polar surface area (TPSA) is 12.0 Å². The van der Waals surface area contributed by atoms with Crippen LogP contribution in [0.2, 0.25) is 0 Å². The third kappa shape index (κ3) is 4.00. The highest BCUT2D eigenvalue weighted by atomic mass is 19.4. The Morgan fingerprint density at radius 1 is 1.18 bits per heavy atom. The van der Waals surface area contributed by atoms with E-state index in [1.807, 2.05) is 6.92 Å². The zero-order valence-corrected chi connectivity index (χ0v) is 9.68. The molecule has 0 saturated carbocycles. The Labute approximate surface area is 97.8 Å². The fourth-order valence-electron chi connectivity index (χ4n) is 1.47. The second-order valence-corrected chi connectivity index (χ2v) is 4.04. The lowest BCUT2D eigenvalue weighted by Crippen LogP contribution is -2.23. The molecule has 0 aromatic heterocycles. The van der Waals surface area contributed by atoms with Gasteiger partial charge in [0.1, 0.15) is 0 Å². The molecule has 0 aliphatic heterocycles. The minimum Gasteiger partial charge on any atom is -0.317 e. The van der Waals surface area contributed by atoms with Gasteiger partial charge in [0, 0.05) is 6.04 Å². The Bertz CT molecular complexity index is 345. The summed E-state index contributed by atoms with van der Waals surface area (Å²) >= 11 is 0. The fraction of sp³-hybridized carbons (Fsp3) is 0.500. The van der Waals surface area contributed by atoms with Gasteiger partial charge in [-0.1, -0.05) is 24.3 Å². The van der Waals surface area contributed by atoms with E-state index in [4.69, 9.17) is 0 Å². The van der Waals surface area contributed by atoms with Crippen LogP contribution in [0.5, 0.6) is 0 Å². The average molecular weight is 249 g/mol. The third-order valence-corrected chi connectivity index (χ3v) is 2.59. The minimum atomic E-state index is -4.83. The molecule has 17 heavy (non-hydrogen) atoms. The van der Waals surface area contributed by atoms with Crippen molar-refractivity contribution in [1.82, 2.24) is 5.32 Å². The van der Waals surface area contributed by atoms with Gasteiger partial charge in [-0.15, -0.1) is 0 Å². The van der Waals surface area contributed by atoms with Crippen LogP contribution in [0.25, 0.3) is 0 Å². The van der Waals surface area contributed by atoms with E-state index in [2.05, 4.69) is 5.32 Å². The standard InChI is InChI=1S/C12H15F4N/c1-8(17-2)7-9-3-5-10(6-4-9)11(13)12(14,15)16/h3-6,8,11,17H,7H2,1-2H3. The molecular weight excluding hydrogens is 234 g/mol. The Morgan fingerprint density at radius 2 is 1.71 bits per heavy atom. The number of hydrogen-bond acceptors (Lipinski definition) is 1. The molecule has 0 spiro atoms. The van der Waals surface area contributed by atoms with Crippen molar-refractivity contribution in [1.29, 1.82) is 0 Å². The summed E-state index contributed by atoms with van der Waals surface area (Å²) in [5, 5.41) is 3.02. The van der Waals surface area contributed by atoms with Crippen LogP contribution in [0.15, 0.2) is 24.3 Å². The van der Waals surface area contributed by atoms with E-state index in [9.17, 15) is 17.6 Å². The molecule has 2 unspecified atom stereocenters. The molecule has 0 radical (unpaired) electrons. The van der Waals surface area contributed by atoms with Crippen LogP contribution in [0.3, 0.4) is 0 Å². The largest absolute Gasteiger partial charge is 0.423 e. The first-order chi connectivity index (χ1) is 7.84. The highest BCUT2D eigenvalue weighted by Crippen LogP contribution is 2.35. The van der Waals surface area contributed by atoms with Crippen molar-refractivity contribution < 1.29 is 17.6 Å². The van der Waals surface area contributed by atoms with Crippen molar-refractivity contribution in [2.75, 3.05) is 7.05 Å². The summed E-state index contributed by atoms with van der Waals surface area (Å²) in [6.45, 7) is 1.96. The number of rotatable bonds is 4. The van der Waals surface area contributed by atoms with Crippen LogP contribution in [0, 0.1) is 0 Å². The Kier molecular flexibility index (Phi) is 4.51. The summed E-state index contributed by atoms with van der Waals surface area (Å²) in [5.41, 5.74) is 0.531. The van der Waals surface area contributed by atoms with Gasteiger partial charge in [-0.25, -0.2) is 4.39 Å². The normalized spacial score (nSPS) is 15.6. The minimum absolute atomic E-state index is 0.227. The van der Waals surface area contributed by atoms with Crippen molar-refractivity contribution in [3.05, 3.63) is 35.4 Å². The van der Waals surface area contributed by atoms with Crippen LogP contribution in [-0.4, -0.2) is 19.3 Å². The smallest absolute Gasteiger partial charge is 0.317 e. The summed E-state index contributed by atoms with van der Waals surface area (Å²) in [4.78, 5) is 0. The lowest BCUT2D eigenvalue weighted by Gasteiger charge is -2.14. The van der Waals surface area contributed by atoms with E-state index < -0.39 is 12.3 Å². The molecular formula is C12H15F4N. The summed E-state index contributed by atoms with van der Waals surface area (Å²) < 4.78 is 49.3. The van der Waals surface area contributed by atoms with Gasteiger partial charge in [-0.3, -0.25) is 0 Å². The SMILES string of the molecule is CNC(C)Cc1ccc(C(F)C(F)(F)F)cc1. The number of likely N-dealkylation sites (N-methyl/N-ethyl adjacent to an activating group) is 1. The van der Waals surface area contributed by atoms with Crippen LogP contribution >= 0.6 is 0 Å². The van der Waals surface area contributed by atoms with Crippen LogP contribution in [0.1, 0.15) is 24.2 Å². The van der Waals surface area contributed by atoms with E-state index in [0.717, 1.165) is 5.56 Å². The van der Waals surface area contributed by atoms with Crippen LogP contribution < -0.4 is 5.32 Å². The molecule has 0 aliphatic rings. The first-order valence-electron chi connectivity index (χ1n) is 5.31. The molecule has 0 heterocycles. The van der Waals surface area contributed by atoms with Crippen molar-refractivity contribution in [2.24, 2.45) is 0 Å². The number of halogens is 4. The van der Waals surface area contributed by atoms with E-state index in [-0.39, 0.29) is 11.6 Å². The van der Waals surface area contributed by atoms with E-state index in [0.29, 0.717) is 6.42 Å². The summed E-state index contributed by atoms with van der Waals surface area (Å²) in [5.74, 6) is 0. The quantitative estimate of drug-likeness (QED) is 0.806. The molecule has 0 fully saturated rings. The van der Waals surface area contributed by atoms with Crippen molar-refractivity contribution in [3.63, 3.8) is 0 Å². The van der Waals surface area contributed by atoms with Crippen molar-refractivity contribution in [2.45, 2.75) is 31.7 Å². The second kappa shape index (κ2) is 5.49. The summed E-state index contributed by atoms with van der Waals surface area (Å²) in [6, 6.07) is 5.67. The fourth-order valence-corrected chi connectivity index (χ4v) is 1.47. The number of nitrogens with one attached hydrogen (secondary N) is 1. The molecule has 1 aromatic carbocycles. The monoisotopic (exact) mass is 249 g/mol. The van der Waals surface area contributed by atoms with E-state index in [1.165, 1.54) is 24.3 Å². The van der Waals surface area contributed by atoms with Gasteiger partial charge in [0.15, 0.2) is 0 Å². The Hall–Kier alpha value is -1.10. The van der Waals surface area contributed by atoms with Gasteiger partial charge < -0.3 is 5.32 Å². The molecule has 0 aliphatic carbocycles. The van der Waals surface area contributed by atoms with Gasteiger partial charge >= 0.3 is 6.18 Å². The number of hydrogen-bond donors (Lipinski definition) is 1. The maximum Gasteiger partial charge on any atom is 0.423 e. The summed E-state index contributed by atoms with van der Waals surface area (Å²) in [7, 11) is 1.81. The van der Waals surface area contributed by atoms with Crippen LogP contribution in [0.4, 0.5) is 17.6 Å². The van der Waals surface area contributed by atoms with Crippen molar-refractivity contribution >= 4 is 0 Å². The highest BCUT2D eigenvalue weighted by molar-refractivity contribution is 5.25. The van der Waals surface area contributed by atoms with E-state index in [1.54, 1.807) is 7.05 Å². The van der Waals surface area contributed by atoms with Crippen molar-refractivity contribution in [3.8, 4) is 0 Å². The molecule has 1 rings (SSSR count). The number of alkyl halides is 4. The average Bonchev–Trinajstić information content (AvgIpc) is 2.27. The van der Waals surface area contributed by atoms with Gasteiger partial charge in [0.2, 0.25) is 6.17 Å². The van der Waals surface area contributed by atoms with Crippen LogP contribution in [-0.2, 0) is 6.42 Å². The molecule has 2 atom stereocenters. The second-order valence-electron chi connectivity index (χ2n) is 4.04. The predicted molar refractivity (Wildman–Crippen MR) is 58.6 cm³/mol. The molecule has 1 nitrogen and oxygen atoms in total. The van der Waals surface area contributed by atoms with Gasteiger partial charge in [-0.05, 0) is 31.5 Å². The maximum absolute atomic E-state index is 13.0. The molecule has 5 heteroatoms. The molecule has 1 N–H and O–H groups in total. The van der Waals surface area contributed by atoms with Gasteiger partial charge in [-0.2, -0.15) is 13.2 Å². The number of benzene rings is 1. The molecule has 0 saturated heterocycles. The third-order valence-electron chi connectivity index (χ3n) is 2.59. The summed E-state index contributed by atoms with van der Waals surface area (Å²) in [6.07, 6.45) is -7.04. The molecule has 0 amide bonds. The predicted octanol–water partition coefficient (Wildman–Crippen LogP) is 3.41. The first-order valence-corrected chi connectivity index (χ1v) is 5.31. The lowest BCUT2D eigenvalue weighted by atomic mass is 10.0. The zero-order chi connectivity index (χ0) is 13.1. The first kappa shape index (κ1) is 14.0. The van der Waals surface area contributed by atoms with Gasteiger partial charge in [0.25, 0.3) is 0 Å². The molecule has 1 aromatic rings. The highest BCUT2D eigenvalue weighted by Gasteiger charge is 2.41. The Morgan fingerprint density at radius 3 is 2.12 bits per heavy atom. The van der Waals surface area contributed by atoms with E-state index >= 15 is 0 Å². The lowest BCUT2D eigenvalue weighted by molar-refractivity contribution is -0.182. The van der Waals surface area contributed by atoms with Gasteiger partial charge in [0.05, 0.1) is 0 Å².